The summed E-state index contributed by atoms with van der Waals surface area (Å²) in [4.78, 5) is 11.2. The summed E-state index contributed by atoms with van der Waals surface area (Å²) >= 11 is 0. The van der Waals surface area contributed by atoms with E-state index >= 15 is 0 Å². The summed E-state index contributed by atoms with van der Waals surface area (Å²) in [6.07, 6.45) is 3.51. The van der Waals surface area contributed by atoms with Crippen LogP contribution in [0.3, 0.4) is 0 Å². The van der Waals surface area contributed by atoms with Gasteiger partial charge in [-0.25, -0.2) is 0 Å². The highest BCUT2D eigenvalue weighted by Gasteiger charge is 2.37. The summed E-state index contributed by atoms with van der Waals surface area (Å²) in [6.45, 7) is 6.91. The maximum atomic E-state index is 11.2. The van der Waals surface area contributed by atoms with E-state index < -0.39 is 0 Å². The second kappa shape index (κ2) is 2.55. The first-order valence-electron chi connectivity index (χ1n) is 4.60. The number of carbonyl (C=O) groups excluding carboxylic acids is 1. The molecule has 0 N–H and O–H groups in total. The number of ketones is 1. The van der Waals surface area contributed by atoms with Crippen LogP contribution in [0, 0.1) is 5.41 Å². The fraction of sp³-hybridized carbons (Fsp3) is 0.545. The fourth-order valence-corrected chi connectivity index (χ4v) is 1.92. The molecule has 2 heteroatoms. The van der Waals surface area contributed by atoms with Crippen LogP contribution in [0.4, 0.5) is 0 Å². The summed E-state index contributed by atoms with van der Waals surface area (Å²) in [5.41, 5.74) is 2.22. The van der Waals surface area contributed by atoms with E-state index in [2.05, 4.69) is 13.8 Å². The lowest BCUT2D eigenvalue weighted by atomic mass is 9.78. The second-order valence-corrected chi connectivity index (χ2v) is 4.40. The van der Waals surface area contributed by atoms with Gasteiger partial charge in [0.25, 0.3) is 0 Å². The van der Waals surface area contributed by atoms with E-state index in [9.17, 15) is 4.79 Å². The predicted molar refractivity (Wildman–Crippen MR) is 50.4 cm³/mol. The Hall–Kier alpha value is -0.890. The second-order valence-electron chi connectivity index (χ2n) is 4.40. The highest BCUT2D eigenvalue weighted by Crippen LogP contribution is 2.41. The third-order valence-electron chi connectivity index (χ3n) is 2.76. The average Bonchev–Trinajstić information content (AvgIpc) is 2.42. The number of rotatable bonds is 0. The van der Waals surface area contributed by atoms with Gasteiger partial charge in [0.1, 0.15) is 0 Å². The zero-order valence-corrected chi connectivity index (χ0v) is 8.26. The van der Waals surface area contributed by atoms with Gasteiger partial charge in [0.05, 0.1) is 12.7 Å². The van der Waals surface area contributed by atoms with Gasteiger partial charge in [0.2, 0.25) is 0 Å². The van der Waals surface area contributed by atoms with Gasteiger partial charge in [0.15, 0.2) is 5.78 Å². The molecular formula is C11H14O2. The predicted octanol–water partition coefficient (Wildman–Crippen LogP) is 1.87. The van der Waals surface area contributed by atoms with Crippen LogP contribution >= 0.6 is 0 Å². The quantitative estimate of drug-likeness (QED) is 0.566. The molecular weight excluding hydrogens is 164 g/mol. The van der Waals surface area contributed by atoms with Crippen molar-refractivity contribution in [3.05, 3.63) is 23.3 Å². The molecule has 1 atom stereocenters. The van der Waals surface area contributed by atoms with Crippen LogP contribution in [0.2, 0.25) is 0 Å². The third-order valence-corrected chi connectivity index (χ3v) is 2.76. The average molecular weight is 178 g/mol. The summed E-state index contributed by atoms with van der Waals surface area (Å²) in [5.74, 6) is 0.107. The van der Waals surface area contributed by atoms with Crippen molar-refractivity contribution in [3.8, 4) is 0 Å². The third kappa shape index (κ3) is 1.25. The Bertz CT molecular complexity index is 321. The first-order valence-corrected chi connectivity index (χ1v) is 4.60. The van der Waals surface area contributed by atoms with E-state index in [4.69, 9.17) is 4.74 Å². The highest BCUT2D eigenvalue weighted by atomic mass is 16.5. The van der Waals surface area contributed by atoms with E-state index in [1.165, 1.54) is 0 Å². The minimum Gasteiger partial charge on any atom is -0.373 e. The molecule has 1 saturated heterocycles. The molecule has 2 aliphatic rings. The lowest BCUT2D eigenvalue weighted by Gasteiger charge is -2.36. The SMILES string of the molecule is C[C@H]1OCC(C)(C)C2=CC(=O)C=C21. The minimum absolute atomic E-state index is 0.00942. The number of allylic oxidation sites excluding steroid dienone is 2. The van der Waals surface area contributed by atoms with Crippen molar-refractivity contribution in [1.82, 2.24) is 0 Å². The Kier molecular flexibility index (Phi) is 1.70. The Morgan fingerprint density at radius 2 is 2.15 bits per heavy atom. The Morgan fingerprint density at radius 1 is 1.46 bits per heavy atom. The molecule has 0 aromatic heterocycles. The number of hydrogen-bond acceptors (Lipinski definition) is 2. The molecule has 2 rings (SSSR count). The van der Waals surface area contributed by atoms with E-state index in [0.29, 0.717) is 6.61 Å². The zero-order chi connectivity index (χ0) is 9.64. The standard InChI is InChI=1S/C11H14O2/c1-7-9-4-8(12)5-10(9)11(2,3)6-13-7/h4-5,7H,6H2,1-3H3/t7-/m1/s1. The lowest BCUT2D eigenvalue weighted by Crippen LogP contribution is -2.33. The molecule has 70 valence electrons. The van der Waals surface area contributed by atoms with Crippen molar-refractivity contribution in [2.45, 2.75) is 26.9 Å². The number of fused-ring (bicyclic) bond motifs is 1. The van der Waals surface area contributed by atoms with E-state index in [0.717, 1.165) is 11.1 Å². The van der Waals surface area contributed by atoms with Gasteiger partial charge in [-0.2, -0.15) is 0 Å². The van der Waals surface area contributed by atoms with Crippen LogP contribution in [0.1, 0.15) is 20.8 Å². The van der Waals surface area contributed by atoms with Crippen molar-refractivity contribution in [3.63, 3.8) is 0 Å². The van der Waals surface area contributed by atoms with Gasteiger partial charge in [-0.1, -0.05) is 13.8 Å². The van der Waals surface area contributed by atoms with Crippen LogP contribution in [0.25, 0.3) is 0 Å². The first-order chi connectivity index (χ1) is 6.00. The minimum atomic E-state index is -0.00942. The Labute approximate surface area is 78.3 Å². The molecule has 0 aromatic carbocycles. The van der Waals surface area contributed by atoms with E-state index in [1.807, 2.05) is 6.92 Å². The van der Waals surface area contributed by atoms with E-state index in [1.54, 1.807) is 12.2 Å². The van der Waals surface area contributed by atoms with Crippen molar-refractivity contribution >= 4 is 5.78 Å². The van der Waals surface area contributed by atoms with Crippen LogP contribution in [-0.2, 0) is 9.53 Å². The van der Waals surface area contributed by atoms with Gasteiger partial charge in [-0.05, 0) is 30.2 Å². The molecule has 0 amide bonds. The lowest BCUT2D eigenvalue weighted by molar-refractivity contribution is -0.110. The molecule has 1 aliphatic carbocycles. The molecule has 0 aromatic rings. The maximum absolute atomic E-state index is 11.2. The van der Waals surface area contributed by atoms with Gasteiger partial charge < -0.3 is 4.74 Å². The van der Waals surface area contributed by atoms with Gasteiger partial charge in [-0.3, -0.25) is 4.79 Å². The highest BCUT2D eigenvalue weighted by molar-refractivity contribution is 6.05. The van der Waals surface area contributed by atoms with Crippen LogP contribution < -0.4 is 0 Å². The molecule has 1 aliphatic heterocycles. The molecule has 0 radical (unpaired) electrons. The van der Waals surface area contributed by atoms with Crippen molar-refractivity contribution in [2.24, 2.45) is 5.41 Å². The molecule has 0 unspecified atom stereocenters. The Balaban J connectivity index is 2.45. The zero-order valence-electron chi connectivity index (χ0n) is 8.26. The van der Waals surface area contributed by atoms with Gasteiger partial charge >= 0.3 is 0 Å². The van der Waals surface area contributed by atoms with E-state index in [-0.39, 0.29) is 17.3 Å². The van der Waals surface area contributed by atoms with Gasteiger partial charge in [0, 0.05) is 5.41 Å². The van der Waals surface area contributed by atoms with Crippen LogP contribution in [0.15, 0.2) is 23.3 Å². The molecule has 0 saturated carbocycles. The first kappa shape index (κ1) is 8.70. The van der Waals surface area contributed by atoms with Crippen molar-refractivity contribution in [1.29, 1.82) is 0 Å². The summed E-state index contributed by atoms with van der Waals surface area (Å²) in [5, 5.41) is 0. The Morgan fingerprint density at radius 3 is 2.77 bits per heavy atom. The molecule has 1 fully saturated rings. The largest absolute Gasteiger partial charge is 0.373 e. The van der Waals surface area contributed by atoms with Crippen molar-refractivity contribution in [2.75, 3.05) is 6.61 Å². The monoisotopic (exact) mass is 178 g/mol. The topological polar surface area (TPSA) is 26.3 Å². The van der Waals surface area contributed by atoms with Crippen LogP contribution in [0.5, 0.6) is 0 Å². The normalized spacial score (nSPS) is 31.0. The summed E-state index contributed by atoms with van der Waals surface area (Å²) in [7, 11) is 0. The molecule has 1 heterocycles. The fourth-order valence-electron chi connectivity index (χ4n) is 1.92. The number of hydrogen-bond donors (Lipinski definition) is 0. The van der Waals surface area contributed by atoms with Crippen molar-refractivity contribution < 1.29 is 9.53 Å². The van der Waals surface area contributed by atoms with Gasteiger partial charge in [-0.15, -0.1) is 0 Å². The molecule has 13 heavy (non-hydrogen) atoms. The summed E-state index contributed by atoms with van der Waals surface area (Å²) < 4.78 is 5.59. The number of carbonyl (C=O) groups is 1. The number of ether oxygens (including phenoxy) is 1. The van der Waals surface area contributed by atoms with Crippen LogP contribution in [-0.4, -0.2) is 18.5 Å². The smallest absolute Gasteiger partial charge is 0.179 e. The molecule has 0 bridgehead atoms. The molecule has 2 nitrogen and oxygen atoms in total. The maximum Gasteiger partial charge on any atom is 0.179 e. The molecule has 0 spiro atoms. The summed E-state index contributed by atoms with van der Waals surface area (Å²) in [6, 6.07) is 0.